The molecule has 0 unspecified atom stereocenters. The van der Waals surface area contributed by atoms with Gasteiger partial charge in [-0.3, -0.25) is 14.7 Å². The Morgan fingerprint density at radius 1 is 1.13 bits per heavy atom. The van der Waals surface area contributed by atoms with E-state index in [9.17, 15) is 4.79 Å². The van der Waals surface area contributed by atoms with Crippen LogP contribution >= 0.6 is 0 Å². The Balaban J connectivity index is 1.80. The van der Waals surface area contributed by atoms with E-state index in [4.69, 9.17) is 4.74 Å². The van der Waals surface area contributed by atoms with Crippen molar-refractivity contribution in [3.8, 4) is 5.75 Å². The normalized spacial score (nSPS) is 15.9. The van der Waals surface area contributed by atoms with Crippen LogP contribution in [0, 0.1) is 0 Å². The first kappa shape index (κ1) is 15.0. The molecule has 5 heteroatoms. The lowest BCUT2D eigenvalue weighted by molar-refractivity contribution is -0.123. The quantitative estimate of drug-likeness (QED) is 0.816. The molecule has 0 spiro atoms. The fourth-order valence-electron chi connectivity index (χ4n) is 2.38. The molecule has 0 radical (unpaired) electrons. The molecule has 0 atom stereocenters. The first-order chi connectivity index (χ1) is 11.2. The SMILES string of the molecule is COc1ccc(/C=C2/N=C(C)N(Cc3ccncc3)C2=O)cc1. The van der Waals surface area contributed by atoms with Crippen LogP contribution in [0.25, 0.3) is 6.08 Å². The minimum atomic E-state index is -0.0878. The molecular weight excluding hydrogens is 290 g/mol. The molecule has 0 saturated heterocycles. The van der Waals surface area contributed by atoms with E-state index in [0.29, 0.717) is 18.1 Å². The third kappa shape index (κ3) is 3.29. The van der Waals surface area contributed by atoms with E-state index in [-0.39, 0.29) is 5.91 Å². The largest absolute Gasteiger partial charge is 0.497 e. The molecule has 0 fully saturated rings. The molecule has 1 aliphatic heterocycles. The Morgan fingerprint density at radius 2 is 1.83 bits per heavy atom. The number of carbonyl (C=O) groups excluding carboxylic acids is 1. The zero-order valence-corrected chi connectivity index (χ0v) is 13.1. The highest BCUT2D eigenvalue weighted by molar-refractivity contribution is 6.13. The van der Waals surface area contributed by atoms with Gasteiger partial charge in [0.2, 0.25) is 0 Å². The average Bonchev–Trinajstić information content (AvgIpc) is 2.84. The van der Waals surface area contributed by atoms with Gasteiger partial charge in [-0.15, -0.1) is 0 Å². The van der Waals surface area contributed by atoms with Gasteiger partial charge in [-0.2, -0.15) is 0 Å². The summed E-state index contributed by atoms with van der Waals surface area (Å²) < 4.78 is 5.13. The molecule has 23 heavy (non-hydrogen) atoms. The second kappa shape index (κ2) is 6.44. The first-order valence-electron chi connectivity index (χ1n) is 7.29. The molecule has 1 aromatic carbocycles. The highest BCUT2D eigenvalue weighted by Gasteiger charge is 2.27. The van der Waals surface area contributed by atoms with Crippen molar-refractivity contribution < 1.29 is 9.53 Å². The lowest BCUT2D eigenvalue weighted by Crippen LogP contribution is -2.29. The number of amidine groups is 1. The summed E-state index contributed by atoms with van der Waals surface area (Å²) in [5.74, 6) is 1.39. The monoisotopic (exact) mass is 307 g/mol. The van der Waals surface area contributed by atoms with Gasteiger partial charge in [-0.25, -0.2) is 4.99 Å². The van der Waals surface area contributed by atoms with Crippen molar-refractivity contribution in [3.05, 3.63) is 65.6 Å². The number of carbonyl (C=O) groups is 1. The minimum Gasteiger partial charge on any atom is -0.497 e. The molecule has 0 bridgehead atoms. The number of rotatable bonds is 4. The van der Waals surface area contributed by atoms with Crippen molar-refractivity contribution in [1.82, 2.24) is 9.88 Å². The zero-order chi connectivity index (χ0) is 16.2. The maximum absolute atomic E-state index is 12.6. The maximum Gasteiger partial charge on any atom is 0.278 e. The van der Waals surface area contributed by atoms with Gasteiger partial charge >= 0.3 is 0 Å². The van der Waals surface area contributed by atoms with Crippen LogP contribution in [0.15, 0.2) is 59.5 Å². The summed E-state index contributed by atoms with van der Waals surface area (Å²) in [6.45, 7) is 2.34. The summed E-state index contributed by atoms with van der Waals surface area (Å²) >= 11 is 0. The van der Waals surface area contributed by atoms with Crippen molar-refractivity contribution >= 4 is 17.8 Å². The van der Waals surface area contributed by atoms with E-state index in [0.717, 1.165) is 16.9 Å². The van der Waals surface area contributed by atoms with Gasteiger partial charge in [0, 0.05) is 12.4 Å². The Morgan fingerprint density at radius 3 is 2.48 bits per heavy atom. The lowest BCUT2D eigenvalue weighted by Gasteiger charge is -2.15. The predicted octanol–water partition coefficient (Wildman–Crippen LogP) is 2.89. The van der Waals surface area contributed by atoms with Gasteiger partial charge in [0.05, 0.1) is 13.7 Å². The molecule has 0 saturated carbocycles. The molecule has 3 rings (SSSR count). The summed E-state index contributed by atoms with van der Waals surface area (Å²) in [6.07, 6.45) is 5.23. The standard InChI is InChI=1S/C18H17N3O2/c1-13-20-17(11-14-3-5-16(23-2)6-4-14)18(22)21(13)12-15-7-9-19-10-8-15/h3-11H,12H2,1-2H3/b17-11+. The van der Waals surface area contributed by atoms with Gasteiger partial charge < -0.3 is 4.74 Å². The Kier molecular flexibility index (Phi) is 4.19. The molecule has 0 N–H and O–H groups in total. The van der Waals surface area contributed by atoms with E-state index in [1.807, 2.05) is 43.3 Å². The van der Waals surface area contributed by atoms with E-state index in [1.54, 1.807) is 30.5 Å². The molecule has 1 amide bonds. The third-order valence-electron chi connectivity index (χ3n) is 3.65. The van der Waals surface area contributed by atoms with Crippen LogP contribution < -0.4 is 4.74 Å². The molecule has 116 valence electrons. The molecule has 1 aromatic heterocycles. The highest BCUT2D eigenvalue weighted by atomic mass is 16.5. The van der Waals surface area contributed by atoms with E-state index < -0.39 is 0 Å². The van der Waals surface area contributed by atoms with Crippen LogP contribution in [0.5, 0.6) is 5.75 Å². The first-order valence-corrected chi connectivity index (χ1v) is 7.29. The second-order valence-electron chi connectivity index (χ2n) is 5.21. The molecule has 5 nitrogen and oxygen atoms in total. The Labute approximate surface area is 134 Å². The number of aromatic nitrogens is 1. The minimum absolute atomic E-state index is 0.0878. The molecular formula is C18H17N3O2. The van der Waals surface area contributed by atoms with Gasteiger partial charge in [-0.1, -0.05) is 12.1 Å². The van der Waals surface area contributed by atoms with Crippen LogP contribution in [0.1, 0.15) is 18.1 Å². The number of pyridine rings is 1. The average molecular weight is 307 g/mol. The summed E-state index contributed by atoms with van der Waals surface area (Å²) in [7, 11) is 1.62. The van der Waals surface area contributed by atoms with E-state index in [1.165, 1.54) is 0 Å². The van der Waals surface area contributed by atoms with Crippen LogP contribution in [-0.4, -0.2) is 28.7 Å². The number of hydrogen-bond acceptors (Lipinski definition) is 4. The second-order valence-corrected chi connectivity index (χ2v) is 5.21. The Hall–Kier alpha value is -2.95. The van der Waals surface area contributed by atoms with E-state index in [2.05, 4.69) is 9.98 Å². The zero-order valence-electron chi connectivity index (χ0n) is 13.1. The molecule has 2 aromatic rings. The van der Waals surface area contributed by atoms with Crippen molar-refractivity contribution in [2.75, 3.05) is 7.11 Å². The summed E-state index contributed by atoms with van der Waals surface area (Å²) in [6, 6.07) is 11.3. The number of methoxy groups -OCH3 is 1. The number of benzene rings is 1. The molecule has 1 aliphatic rings. The van der Waals surface area contributed by atoms with Crippen LogP contribution in [0.4, 0.5) is 0 Å². The van der Waals surface area contributed by atoms with Gasteiger partial charge in [0.25, 0.3) is 5.91 Å². The fourth-order valence-corrected chi connectivity index (χ4v) is 2.38. The van der Waals surface area contributed by atoms with Crippen molar-refractivity contribution in [2.45, 2.75) is 13.5 Å². The van der Waals surface area contributed by atoms with Gasteiger partial charge in [-0.05, 0) is 48.4 Å². The Bertz CT molecular complexity index is 765. The number of aliphatic imine (C=N–C) groups is 1. The predicted molar refractivity (Wildman–Crippen MR) is 88.9 cm³/mol. The van der Waals surface area contributed by atoms with Crippen LogP contribution in [-0.2, 0) is 11.3 Å². The smallest absolute Gasteiger partial charge is 0.278 e. The van der Waals surface area contributed by atoms with Crippen molar-refractivity contribution in [1.29, 1.82) is 0 Å². The van der Waals surface area contributed by atoms with Crippen LogP contribution in [0.2, 0.25) is 0 Å². The number of nitrogens with zero attached hydrogens (tertiary/aromatic N) is 3. The highest BCUT2D eigenvalue weighted by Crippen LogP contribution is 2.21. The molecule has 0 aliphatic carbocycles. The topological polar surface area (TPSA) is 54.8 Å². The lowest BCUT2D eigenvalue weighted by atomic mass is 10.2. The van der Waals surface area contributed by atoms with Crippen molar-refractivity contribution in [2.24, 2.45) is 4.99 Å². The number of amides is 1. The number of ether oxygens (including phenoxy) is 1. The summed E-state index contributed by atoms with van der Waals surface area (Å²) in [5.41, 5.74) is 2.38. The van der Waals surface area contributed by atoms with Crippen molar-refractivity contribution in [3.63, 3.8) is 0 Å². The van der Waals surface area contributed by atoms with E-state index >= 15 is 0 Å². The van der Waals surface area contributed by atoms with Gasteiger partial charge in [0.1, 0.15) is 17.3 Å². The number of hydrogen-bond donors (Lipinski definition) is 0. The summed E-state index contributed by atoms with van der Waals surface area (Å²) in [4.78, 5) is 22.6. The van der Waals surface area contributed by atoms with Crippen LogP contribution in [0.3, 0.4) is 0 Å². The third-order valence-corrected chi connectivity index (χ3v) is 3.65. The fraction of sp³-hybridized carbons (Fsp3) is 0.167. The molecule has 2 heterocycles. The summed E-state index contributed by atoms with van der Waals surface area (Å²) in [5, 5.41) is 0. The maximum atomic E-state index is 12.6. The van der Waals surface area contributed by atoms with Gasteiger partial charge in [0.15, 0.2) is 0 Å².